The van der Waals surface area contributed by atoms with Crippen molar-refractivity contribution in [3.05, 3.63) is 51.9 Å². The van der Waals surface area contributed by atoms with Gasteiger partial charge in [0, 0.05) is 24.3 Å². The molecule has 3 aromatic heterocycles. The fourth-order valence-corrected chi connectivity index (χ4v) is 7.35. The Balaban J connectivity index is 1.19. The third kappa shape index (κ3) is 4.66. The summed E-state index contributed by atoms with van der Waals surface area (Å²) >= 11 is 6.98. The van der Waals surface area contributed by atoms with E-state index in [1.807, 2.05) is 17.8 Å². The van der Waals surface area contributed by atoms with Gasteiger partial charge in [0.15, 0.2) is 5.65 Å². The number of nitriles is 2. The molecule has 3 aliphatic rings. The number of aromatic nitrogens is 6. The SMILES string of the molecule is C[C@H]1c2nn(C3CCS(=O)(=O)CC3)cc2CN1c1cc(C#N)cc(Nc2nc(NC3CC3)n3ncc(C#N)c3n2)c1Cl. The van der Waals surface area contributed by atoms with Crippen molar-refractivity contribution in [2.75, 3.05) is 27.0 Å². The van der Waals surface area contributed by atoms with Crippen LogP contribution in [0.5, 0.6) is 0 Å². The number of hydrogen-bond acceptors (Lipinski definition) is 11. The molecular weight excluding hydrogens is 578 g/mol. The molecule has 7 rings (SSSR count). The van der Waals surface area contributed by atoms with Crippen LogP contribution in [-0.2, 0) is 16.4 Å². The van der Waals surface area contributed by atoms with Crippen molar-refractivity contribution in [3.8, 4) is 12.1 Å². The molecule has 2 aliphatic heterocycles. The predicted octanol–water partition coefficient (Wildman–Crippen LogP) is 3.87. The average Bonchev–Trinajstić information content (AvgIpc) is 3.40. The first-order valence-electron chi connectivity index (χ1n) is 13.7. The van der Waals surface area contributed by atoms with E-state index in [0.717, 1.165) is 24.1 Å². The molecule has 4 aromatic rings. The predicted molar refractivity (Wildman–Crippen MR) is 155 cm³/mol. The van der Waals surface area contributed by atoms with Crippen LogP contribution in [0.25, 0.3) is 5.65 Å². The normalized spacial score (nSPS) is 19.8. The third-order valence-electron chi connectivity index (χ3n) is 8.08. The van der Waals surface area contributed by atoms with Gasteiger partial charge in [-0.15, -0.1) is 0 Å². The Morgan fingerprint density at radius 2 is 1.88 bits per heavy atom. The summed E-state index contributed by atoms with van der Waals surface area (Å²) in [4.78, 5) is 11.2. The molecule has 0 unspecified atom stereocenters. The lowest BCUT2D eigenvalue weighted by Crippen LogP contribution is -2.27. The topological polar surface area (TPSA) is 170 Å². The first-order chi connectivity index (χ1) is 20.2. The van der Waals surface area contributed by atoms with E-state index >= 15 is 0 Å². The summed E-state index contributed by atoms with van der Waals surface area (Å²) in [5, 5.41) is 35.4. The highest BCUT2D eigenvalue weighted by atomic mass is 35.5. The van der Waals surface area contributed by atoms with Crippen molar-refractivity contribution in [1.82, 2.24) is 29.4 Å². The van der Waals surface area contributed by atoms with Crippen LogP contribution >= 0.6 is 11.6 Å². The Kier molecular flexibility index (Phi) is 6.22. The summed E-state index contributed by atoms with van der Waals surface area (Å²) in [5.41, 5.74) is 4.14. The second-order valence-electron chi connectivity index (χ2n) is 11.0. The summed E-state index contributed by atoms with van der Waals surface area (Å²) in [7, 11) is -2.96. The van der Waals surface area contributed by atoms with Gasteiger partial charge in [0.05, 0.1) is 63.5 Å². The van der Waals surface area contributed by atoms with Crippen molar-refractivity contribution in [2.45, 2.75) is 57.3 Å². The molecule has 214 valence electrons. The first kappa shape index (κ1) is 26.5. The van der Waals surface area contributed by atoms with Crippen LogP contribution in [0.2, 0.25) is 5.02 Å². The minimum absolute atomic E-state index is 0.0649. The number of halogens is 1. The van der Waals surface area contributed by atoms with Crippen molar-refractivity contribution >= 4 is 50.4 Å². The minimum Gasteiger partial charge on any atom is -0.357 e. The van der Waals surface area contributed by atoms with E-state index in [4.69, 9.17) is 16.7 Å². The van der Waals surface area contributed by atoms with Gasteiger partial charge in [-0.1, -0.05) is 11.6 Å². The van der Waals surface area contributed by atoms with Gasteiger partial charge in [0.25, 0.3) is 0 Å². The molecule has 13 nitrogen and oxygen atoms in total. The maximum atomic E-state index is 11.9. The Hall–Kier alpha value is -4.40. The number of benzene rings is 1. The first-order valence-corrected chi connectivity index (χ1v) is 15.9. The van der Waals surface area contributed by atoms with E-state index in [2.05, 4.69) is 42.7 Å². The number of rotatable bonds is 6. The number of nitrogens with one attached hydrogen (secondary N) is 2. The lowest BCUT2D eigenvalue weighted by Gasteiger charge is -2.27. The molecule has 1 saturated carbocycles. The fraction of sp³-hybridized carbons (Fsp3) is 0.407. The van der Waals surface area contributed by atoms with Gasteiger partial charge in [0.1, 0.15) is 21.5 Å². The molecule has 0 amide bonds. The molecule has 15 heteroatoms. The Morgan fingerprint density at radius 1 is 1.10 bits per heavy atom. The van der Waals surface area contributed by atoms with Crippen LogP contribution in [0.15, 0.2) is 24.5 Å². The van der Waals surface area contributed by atoms with Gasteiger partial charge in [0.2, 0.25) is 11.9 Å². The third-order valence-corrected chi connectivity index (χ3v) is 10.2. The van der Waals surface area contributed by atoms with Gasteiger partial charge in [-0.3, -0.25) is 4.68 Å². The van der Waals surface area contributed by atoms with E-state index in [9.17, 15) is 18.9 Å². The Morgan fingerprint density at radius 3 is 2.57 bits per heavy atom. The number of anilines is 4. The van der Waals surface area contributed by atoms with Gasteiger partial charge in [-0.2, -0.15) is 35.2 Å². The number of fused-ring (bicyclic) bond motifs is 2. The van der Waals surface area contributed by atoms with Crippen LogP contribution in [0, 0.1) is 22.7 Å². The van der Waals surface area contributed by atoms with Crippen molar-refractivity contribution in [1.29, 1.82) is 10.5 Å². The summed E-state index contributed by atoms with van der Waals surface area (Å²) in [6, 6.07) is 7.96. The maximum Gasteiger partial charge on any atom is 0.232 e. The zero-order chi connectivity index (χ0) is 29.2. The number of hydrogen-bond donors (Lipinski definition) is 2. The molecule has 2 fully saturated rings. The van der Waals surface area contributed by atoms with Gasteiger partial charge < -0.3 is 15.5 Å². The molecule has 1 aliphatic carbocycles. The van der Waals surface area contributed by atoms with Crippen LogP contribution in [0.1, 0.15) is 67.1 Å². The van der Waals surface area contributed by atoms with E-state index in [1.54, 1.807) is 12.1 Å². The van der Waals surface area contributed by atoms with Gasteiger partial charge in [-0.05, 0) is 44.7 Å². The van der Waals surface area contributed by atoms with Crippen molar-refractivity contribution in [2.24, 2.45) is 0 Å². The number of nitrogens with zero attached hydrogens (tertiary/aromatic N) is 9. The van der Waals surface area contributed by atoms with Gasteiger partial charge >= 0.3 is 0 Å². The largest absolute Gasteiger partial charge is 0.357 e. The molecule has 0 spiro atoms. The highest BCUT2D eigenvalue weighted by molar-refractivity contribution is 7.91. The molecule has 1 aromatic carbocycles. The van der Waals surface area contributed by atoms with Crippen molar-refractivity contribution < 1.29 is 8.42 Å². The minimum atomic E-state index is -2.96. The molecule has 1 saturated heterocycles. The van der Waals surface area contributed by atoms with Crippen LogP contribution in [-0.4, -0.2) is 55.3 Å². The molecule has 42 heavy (non-hydrogen) atoms. The van der Waals surface area contributed by atoms with E-state index in [1.165, 1.54) is 10.7 Å². The summed E-state index contributed by atoms with van der Waals surface area (Å²) in [6.45, 7) is 2.57. The molecule has 5 heterocycles. The standard InChI is InChI=1S/C27H26ClN11O2S/c1-15-24-18(14-38(36-24)20-4-6-42(40,41)7-5-20)13-37(15)22-9-16(10-29)8-21(23(22)28)33-26-34-25-17(11-30)12-31-39(25)27(35-26)32-19-2-3-19/h8-9,12,14-15,19-20H,2-7,13H2,1H3,(H2,32,33,34,35)/t15-/m0/s1. The monoisotopic (exact) mass is 603 g/mol. The smallest absolute Gasteiger partial charge is 0.232 e. The highest BCUT2D eigenvalue weighted by Gasteiger charge is 2.34. The Labute approximate surface area is 246 Å². The second-order valence-corrected chi connectivity index (χ2v) is 13.7. The van der Waals surface area contributed by atoms with Crippen LogP contribution in [0.3, 0.4) is 0 Å². The molecule has 1 atom stereocenters. The second kappa shape index (κ2) is 9.86. The van der Waals surface area contributed by atoms with Crippen molar-refractivity contribution in [3.63, 3.8) is 0 Å². The lowest BCUT2D eigenvalue weighted by molar-refractivity contribution is 0.408. The zero-order valence-corrected chi connectivity index (χ0v) is 24.2. The summed E-state index contributed by atoms with van der Waals surface area (Å²) < 4.78 is 27.2. The van der Waals surface area contributed by atoms with Crippen LogP contribution < -0.4 is 15.5 Å². The molecule has 2 N–H and O–H groups in total. The lowest BCUT2D eigenvalue weighted by atomic mass is 10.1. The van der Waals surface area contributed by atoms with E-state index in [-0.39, 0.29) is 35.6 Å². The molecule has 0 radical (unpaired) electrons. The maximum absolute atomic E-state index is 11.9. The number of sulfone groups is 1. The average molecular weight is 604 g/mol. The highest BCUT2D eigenvalue weighted by Crippen LogP contribution is 2.44. The van der Waals surface area contributed by atoms with Crippen LogP contribution in [0.4, 0.5) is 23.3 Å². The Bertz CT molecular complexity index is 1920. The summed E-state index contributed by atoms with van der Waals surface area (Å²) in [6.07, 6.45) is 6.63. The molecule has 0 bridgehead atoms. The fourth-order valence-electron chi connectivity index (χ4n) is 5.62. The van der Waals surface area contributed by atoms with E-state index in [0.29, 0.717) is 58.5 Å². The summed E-state index contributed by atoms with van der Waals surface area (Å²) in [5.74, 6) is 1.05. The van der Waals surface area contributed by atoms with E-state index < -0.39 is 9.84 Å². The molecular formula is C27H26ClN11O2S. The zero-order valence-electron chi connectivity index (χ0n) is 22.6. The quantitative estimate of drug-likeness (QED) is 0.328. The van der Waals surface area contributed by atoms with Gasteiger partial charge in [-0.25, -0.2) is 8.42 Å².